The SMILES string of the molecule is [N-]=[N+]=NCCC#Cc1ccc2c(c1)C(=O)CCO2. The summed E-state index contributed by atoms with van der Waals surface area (Å²) in [5, 5.41) is 3.39. The van der Waals surface area contributed by atoms with Gasteiger partial charge in [-0.2, -0.15) is 0 Å². The van der Waals surface area contributed by atoms with E-state index in [9.17, 15) is 4.79 Å². The van der Waals surface area contributed by atoms with E-state index in [1.54, 1.807) is 12.1 Å². The summed E-state index contributed by atoms with van der Waals surface area (Å²) >= 11 is 0. The van der Waals surface area contributed by atoms with Crippen molar-refractivity contribution in [2.24, 2.45) is 5.11 Å². The summed E-state index contributed by atoms with van der Waals surface area (Å²) in [6.07, 6.45) is 0.923. The van der Waals surface area contributed by atoms with Gasteiger partial charge in [0, 0.05) is 29.9 Å². The third-order valence-corrected chi connectivity index (χ3v) is 2.50. The maximum atomic E-state index is 11.7. The minimum Gasteiger partial charge on any atom is -0.492 e. The summed E-state index contributed by atoms with van der Waals surface area (Å²) in [7, 11) is 0. The fourth-order valence-corrected chi connectivity index (χ4v) is 1.66. The monoisotopic (exact) mass is 241 g/mol. The molecule has 0 radical (unpaired) electrons. The van der Waals surface area contributed by atoms with Crippen molar-refractivity contribution in [2.75, 3.05) is 13.2 Å². The second kappa shape index (κ2) is 5.76. The second-order valence-corrected chi connectivity index (χ2v) is 3.74. The fraction of sp³-hybridized carbons (Fsp3) is 0.308. The molecule has 0 saturated carbocycles. The summed E-state index contributed by atoms with van der Waals surface area (Å²) < 4.78 is 5.38. The van der Waals surface area contributed by atoms with Crippen LogP contribution in [0.5, 0.6) is 5.75 Å². The van der Waals surface area contributed by atoms with Crippen molar-refractivity contribution in [1.29, 1.82) is 0 Å². The number of hydrogen-bond acceptors (Lipinski definition) is 3. The molecule has 5 nitrogen and oxygen atoms in total. The van der Waals surface area contributed by atoms with Crippen LogP contribution in [0.2, 0.25) is 0 Å². The van der Waals surface area contributed by atoms with E-state index in [1.165, 1.54) is 0 Å². The number of carbonyl (C=O) groups is 1. The Bertz CT molecular complexity index is 578. The first kappa shape index (κ1) is 12.0. The number of rotatable bonds is 2. The van der Waals surface area contributed by atoms with Crippen LogP contribution in [0.4, 0.5) is 0 Å². The Labute approximate surface area is 104 Å². The third kappa shape index (κ3) is 2.82. The van der Waals surface area contributed by atoms with Crippen molar-refractivity contribution in [2.45, 2.75) is 12.8 Å². The molecular formula is C13H11N3O2. The van der Waals surface area contributed by atoms with E-state index in [0.29, 0.717) is 37.3 Å². The average molecular weight is 241 g/mol. The molecule has 0 N–H and O–H groups in total. The Hall–Kier alpha value is -2.44. The lowest BCUT2D eigenvalue weighted by Crippen LogP contribution is -2.15. The van der Waals surface area contributed by atoms with E-state index < -0.39 is 0 Å². The van der Waals surface area contributed by atoms with Gasteiger partial charge in [-0.3, -0.25) is 4.79 Å². The minimum absolute atomic E-state index is 0.0916. The predicted octanol–water partition coefficient (Wildman–Crippen LogP) is 2.70. The zero-order chi connectivity index (χ0) is 12.8. The highest BCUT2D eigenvalue weighted by Crippen LogP contribution is 2.25. The molecule has 0 saturated heterocycles. The Kier molecular flexibility index (Phi) is 3.85. The quantitative estimate of drug-likeness (QED) is 0.262. The molecule has 0 fully saturated rings. The van der Waals surface area contributed by atoms with Gasteiger partial charge in [0.15, 0.2) is 5.78 Å². The fourth-order valence-electron chi connectivity index (χ4n) is 1.66. The molecule has 0 atom stereocenters. The molecule has 18 heavy (non-hydrogen) atoms. The first-order valence-corrected chi connectivity index (χ1v) is 5.61. The number of Topliss-reactive ketones (excluding diaryl/α,β-unsaturated/α-hetero) is 1. The lowest BCUT2D eigenvalue weighted by molar-refractivity contribution is 0.0933. The molecule has 0 aromatic heterocycles. The maximum absolute atomic E-state index is 11.7. The van der Waals surface area contributed by atoms with E-state index in [1.807, 2.05) is 6.07 Å². The highest BCUT2D eigenvalue weighted by molar-refractivity contribution is 5.99. The molecule has 1 aliphatic rings. The first-order chi connectivity index (χ1) is 8.81. The van der Waals surface area contributed by atoms with Gasteiger partial charge in [-0.1, -0.05) is 17.0 Å². The Morgan fingerprint density at radius 1 is 1.50 bits per heavy atom. The van der Waals surface area contributed by atoms with Crippen LogP contribution in [0.25, 0.3) is 10.4 Å². The first-order valence-electron chi connectivity index (χ1n) is 5.61. The molecule has 0 aliphatic carbocycles. The smallest absolute Gasteiger partial charge is 0.170 e. The molecule has 0 bridgehead atoms. The standard InChI is InChI=1S/C13H11N3O2/c14-16-15-7-2-1-3-10-4-5-13-11(9-10)12(17)6-8-18-13/h4-5,9H,2,6-8H2. The Morgan fingerprint density at radius 2 is 2.39 bits per heavy atom. The number of nitrogens with zero attached hydrogens (tertiary/aromatic N) is 3. The van der Waals surface area contributed by atoms with Gasteiger partial charge >= 0.3 is 0 Å². The van der Waals surface area contributed by atoms with E-state index in [2.05, 4.69) is 21.9 Å². The van der Waals surface area contributed by atoms with Gasteiger partial charge in [0.2, 0.25) is 0 Å². The summed E-state index contributed by atoms with van der Waals surface area (Å²) in [6, 6.07) is 5.33. The highest BCUT2D eigenvalue weighted by atomic mass is 16.5. The Morgan fingerprint density at radius 3 is 3.22 bits per heavy atom. The van der Waals surface area contributed by atoms with E-state index in [-0.39, 0.29) is 5.78 Å². The van der Waals surface area contributed by atoms with Gasteiger partial charge in [-0.05, 0) is 23.7 Å². The summed E-state index contributed by atoms with van der Waals surface area (Å²) in [5.74, 6) is 6.55. The van der Waals surface area contributed by atoms with E-state index >= 15 is 0 Å². The van der Waals surface area contributed by atoms with Crippen LogP contribution in [0.1, 0.15) is 28.8 Å². The molecular weight excluding hydrogens is 230 g/mol. The molecule has 1 aromatic carbocycles. The number of hydrogen-bond donors (Lipinski definition) is 0. The van der Waals surface area contributed by atoms with E-state index in [4.69, 9.17) is 10.3 Å². The van der Waals surface area contributed by atoms with Crippen molar-refractivity contribution >= 4 is 5.78 Å². The van der Waals surface area contributed by atoms with Crippen LogP contribution in [0, 0.1) is 11.8 Å². The third-order valence-electron chi connectivity index (χ3n) is 2.50. The van der Waals surface area contributed by atoms with Crippen LogP contribution in [-0.4, -0.2) is 18.9 Å². The molecule has 90 valence electrons. The maximum Gasteiger partial charge on any atom is 0.170 e. The zero-order valence-corrected chi connectivity index (χ0v) is 9.72. The number of ether oxygens (including phenoxy) is 1. The second-order valence-electron chi connectivity index (χ2n) is 3.74. The van der Waals surface area contributed by atoms with Crippen LogP contribution in [-0.2, 0) is 0 Å². The number of fused-ring (bicyclic) bond motifs is 1. The molecule has 5 heteroatoms. The van der Waals surface area contributed by atoms with E-state index in [0.717, 1.165) is 5.56 Å². The molecule has 0 spiro atoms. The Balaban J connectivity index is 2.13. The number of benzene rings is 1. The molecule has 2 rings (SSSR count). The van der Waals surface area contributed by atoms with Crippen LogP contribution >= 0.6 is 0 Å². The number of carbonyl (C=O) groups excluding carboxylic acids is 1. The zero-order valence-electron chi connectivity index (χ0n) is 9.72. The molecule has 0 amide bonds. The molecule has 1 aromatic rings. The lowest BCUT2D eigenvalue weighted by atomic mass is 10.0. The average Bonchev–Trinajstić information content (AvgIpc) is 2.39. The molecule has 1 heterocycles. The van der Waals surface area contributed by atoms with Crippen molar-refractivity contribution < 1.29 is 9.53 Å². The number of azide groups is 1. The van der Waals surface area contributed by atoms with Gasteiger partial charge in [0.1, 0.15) is 5.75 Å². The molecule has 0 unspecified atom stereocenters. The topological polar surface area (TPSA) is 75.1 Å². The van der Waals surface area contributed by atoms with Gasteiger partial charge in [-0.15, -0.1) is 0 Å². The summed E-state index contributed by atoms with van der Waals surface area (Å²) in [4.78, 5) is 14.3. The van der Waals surface area contributed by atoms with Crippen LogP contribution in [0.3, 0.4) is 0 Å². The van der Waals surface area contributed by atoms with Crippen molar-refractivity contribution in [1.82, 2.24) is 0 Å². The highest BCUT2D eigenvalue weighted by Gasteiger charge is 2.17. The van der Waals surface area contributed by atoms with Gasteiger partial charge in [0.05, 0.1) is 12.2 Å². The molecule has 1 aliphatic heterocycles. The largest absolute Gasteiger partial charge is 0.492 e. The van der Waals surface area contributed by atoms with Crippen molar-refractivity contribution in [3.63, 3.8) is 0 Å². The summed E-state index contributed by atoms with van der Waals surface area (Å²) in [6.45, 7) is 0.805. The van der Waals surface area contributed by atoms with Gasteiger partial charge < -0.3 is 4.74 Å². The van der Waals surface area contributed by atoms with Crippen LogP contribution < -0.4 is 4.74 Å². The van der Waals surface area contributed by atoms with Gasteiger partial charge in [0.25, 0.3) is 0 Å². The number of ketones is 1. The predicted molar refractivity (Wildman–Crippen MR) is 66.4 cm³/mol. The van der Waals surface area contributed by atoms with Gasteiger partial charge in [-0.25, -0.2) is 0 Å². The minimum atomic E-state index is 0.0916. The normalized spacial score (nSPS) is 12.6. The van der Waals surface area contributed by atoms with Crippen molar-refractivity contribution in [3.05, 3.63) is 39.8 Å². The van der Waals surface area contributed by atoms with Crippen molar-refractivity contribution in [3.8, 4) is 17.6 Å². The van der Waals surface area contributed by atoms with Crippen LogP contribution in [0.15, 0.2) is 23.3 Å². The summed E-state index contributed by atoms with van der Waals surface area (Å²) in [5.41, 5.74) is 9.47. The lowest BCUT2D eigenvalue weighted by Gasteiger charge is -2.15.